The molecule has 2 heterocycles. The quantitative estimate of drug-likeness (QED) is 0.365. The van der Waals surface area contributed by atoms with Crippen molar-refractivity contribution in [3.05, 3.63) is 11.6 Å². The van der Waals surface area contributed by atoms with Crippen LogP contribution in [0.1, 0.15) is 61.3 Å². The third kappa shape index (κ3) is 3.47. The van der Waals surface area contributed by atoms with Crippen LogP contribution < -0.4 is 0 Å². The molecule has 5 rings (SSSR count). The summed E-state index contributed by atoms with van der Waals surface area (Å²) < 4.78 is 17.8. The van der Waals surface area contributed by atoms with Crippen molar-refractivity contribution in [3.8, 4) is 0 Å². The van der Waals surface area contributed by atoms with Gasteiger partial charge in [-0.2, -0.15) is 0 Å². The molecule has 10 nitrogen and oxygen atoms in total. The summed E-state index contributed by atoms with van der Waals surface area (Å²) in [5.41, 5.74) is -3.05. The largest absolute Gasteiger partial charge is 0.459 e. The smallest absolute Gasteiger partial charge is 0.348 e. The molecule has 0 aromatic rings. The van der Waals surface area contributed by atoms with Crippen molar-refractivity contribution in [3.63, 3.8) is 0 Å². The van der Waals surface area contributed by atoms with Gasteiger partial charge in [0.1, 0.15) is 18.3 Å². The summed E-state index contributed by atoms with van der Waals surface area (Å²) >= 11 is 0. The molecule has 1 spiro atoms. The van der Waals surface area contributed by atoms with Gasteiger partial charge in [-0.3, -0.25) is 9.59 Å². The molecule has 4 fully saturated rings. The molecular formula is C29H42O10. The second-order valence-electron chi connectivity index (χ2n) is 13.6. The van der Waals surface area contributed by atoms with Crippen LogP contribution in [-0.4, -0.2) is 80.6 Å². The number of allylic oxidation sites excluding steroid dienone is 1. The van der Waals surface area contributed by atoms with Crippen molar-refractivity contribution < 1.29 is 49.0 Å². The van der Waals surface area contributed by atoms with Gasteiger partial charge in [0.05, 0.1) is 18.6 Å². The monoisotopic (exact) mass is 550 g/mol. The third-order valence-corrected chi connectivity index (χ3v) is 11.3. The fourth-order valence-electron chi connectivity index (χ4n) is 9.22. The Morgan fingerprint density at radius 2 is 1.82 bits per heavy atom. The number of aliphatic hydroxyl groups excluding tert-OH is 2. The number of esters is 2. The van der Waals surface area contributed by atoms with Crippen molar-refractivity contribution in [1.29, 1.82) is 0 Å². The molecule has 2 saturated heterocycles. The van der Waals surface area contributed by atoms with Gasteiger partial charge < -0.3 is 34.6 Å². The van der Waals surface area contributed by atoms with Gasteiger partial charge in [-0.05, 0) is 43.1 Å². The number of aliphatic hydroxyl groups is 4. The highest BCUT2D eigenvalue weighted by Gasteiger charge is 2.83. The molecule has 4 N–H and O–H groups in total. The summed E-state index contributed by atoms with van der Waals surface area (Å²) in [4.78, 5) is 39.6. The van der Waals surface area contributed by atoms with Gasteiger partial charge in [0.25, 0.3) is 0 Å². The van der Waals surface area contributed by atoms with E-state index < -0.39 is 88.0 Å². The van der Waals surface area contributed by atoms with E-state index in [4.69, 9.17) is 14.2 Å². The van der Waals surface area contributed by atoms with Crippen LogP contribution in [0.2, 0.25) is 0 Å². The molecule has 218 valence electrons. The summed E-state index contributed by atoms with van der Waals surface area (Å²) in [6.45, 7) is 12.3. The van der Waals surface area contributed by atoms with E-state index >= 15 is 0 Å². The van der Waals surface area contributed by atoms with Crippen LogP contribution in [0, 0.1) is 46.3 Å². The molecule has 5 aliphatic rings. The predicted molar refractivity (Wildman–Crippen MR) is 135 cm³/mol. The first-order chi connectivity index (χ1) is 18.0. The number of fused-ring (bicyclic) bond motifs is 1. The van der Waals surface area contributed by atoms with Crippen molar-refractivity contribution in [2.24, 2.45) is 46.3 Å². The Hall–Kier alpha value is -1.85. The van der Waals surface area contributed by atoms with Gasteiger partial charge in [-0.1, -0.05) is 47.1 Å². The van der Waals surface area contributed by atoms with E-state index in [0.717, 1.165) is 0 Å². The van der Waals surface area contributed by atoms with Crippen LogP contribution in [0.15, 0.2) is 11.6 Å². The van der Waals surface area contributed by atoms with Crippen LogP contribution in [-0.2, 0) is 28.6 Å². The van der Waals surface area contributed by atoms with E-state index in [0.29, 0.717) is 5.57 Å². The van der Waals surface area contributed by atoms with Crippen LogP contribution in [0.25, 0.3) is 0 Å². The molecule has 0 aromatic carbocycles. The number of hydrogen-bond donors (Lipinski definition) is 4. The van der Waals surface area contributed by atoms with Crippen LogP contribution in [0.3, 0.4) is 0 Å². The molecule has 0 amide bonds. The molecule has 39 heavy (non-hydrogen) atoms. The summed E-state index contributed by atoms with van der Waals surface area (Å²) in [7, 11) is 0. The van der Waals surface area contributed by atoms with E-state index in [1.54, 1.807) is 48.5 Å². The highest BCUT2D eigenvalue weighted by molar-refractivity contribution is 5.96. The van der Waals surface area contributed by atoms with Crippen LogP contribution in [0.4, 0.5) is 0 Å². The average molecular weight is 551 g/mol. The Morgan fingerprint density at radius 3 is 2.41 bits per heavy atom. The molecule has 3 unspecified atom stereocenters. The summed E-state index contributed by atoms with van der Waals surface area (Å²) in [5.74, 6) is -7.69. The predicted octanol–water partition coefficient (Wildman–Crippen LogP) is 1.12. The van der Waals surface area contributed by atoms with Gasteiger partial charge in [-0.15, -0.1) is 0 Å². The molecule has 3 aliphatic carbocycles. The lowest BCUT2D eigenvalue weighted by Crippen LogP contribution is -2.78. The molecular weight excluding hydrogens is 508 g/mol. The number of ether oxygens (including phenoxy) is 3. The normalized spacial score (nSPS) is 46.9. The molecule has 2 bridgehead atoms. The maximum Gasteiger partial charge on any atom is 0.348 e. The fourth-order valence-corrected chi connectivity index (χ4v) is 9.22. The molecule has 2 saturated carbocycles. The first-order valence-electron chi connectivity index (χ1n) is 14.0. The highest BCUT2D eigenvalue weighted by atomic mass is 16.7. The van der Waals surface area contributed by atoms with Gasteiger partial charge in [-0.25, -0.2) is 4.79 Å². The summed E-state index contributed by atoms with van der Waals surface area (Å²) in [6.07, 6.45) is -3.83. The maximum absolute atomic E-state index is 13.5. The topological polar surface area (TPSA) is 160 Å². The molecule has 11 atom stereocenters. The maximum atomic E-state index is 13.5. The molecule has 10 heteroatoms. The SMILES string of the molecule is CC1=CC(=O)[C@@H](O)[C@]2(C)C3[C@]45CO[C@]3(O)[C@H](O)[C@H](C)C4C(OC(=O)CC(O)(C(C)C)C(C)C)C(=O)O[C@@H]5C[C@@H]12. The second-order valence-corrected chi connectivity index (χ2v) is 13.6. The minimum atomic E-state index is -2.12. The first-order valence-corrected chi connectivity index (χ1v) is 14.0. The van der Waals surface area contributed by atoms with Crippen molar-refractivity contribution in [2.45, 2.75) is 97.1 Å². The Labute approximate surface area is 228 Å². The van der Waals surface area contributed by atoms with Crippen molar-refractivity contribution >= 4 is 17.7 Å². The standard InChI is InChI=1S/C29H42O10/c1-12(2)28(35,13(3)4)10-19(31)39-21-20-15(6)22(32)29(36)25-26(7)16(14(5)8-17(30)23(26)33)9-18(38-24(21)34)27(20,25)11-37-29/h8,12-13,15-16,18,20-23,25,32-33,35-36H,9-11H2,1-7H3/t15-,16+,18-,20?,21?,22-,23-,25?,26-,27+,29-/m1/s1. The first kappa shape index (κ1) is 28.7. The Bertz CT molecular complexity index is 1110. The zero-order valence-corrected chi connectivity index (χ0v) is 23.7. The van der Waals surface area contributed by atoms with E-state index in [9.17, 15) is 34.8 Å². The zero-order valence-electron chi connectivity index (χ0n) is 23.7. The van der Waals surface area contributed by atoms with E-state index in [-0.39, 0.29) is 31.3 Å². The zero-order chi connectivity index (χ0) is 29.0. The van der Waals surface area contributed by atoms with Gasteiger partial charge >= 0.3 is 11.9 Å². The van der Waals surface area contributed by atoms with Crippen LogP contribution in [0.5, 0.6) is 0 Å². The number of rotatable bonds is 5. The van der Waals surface area contributed by atoms with Crippen molar-refractivity contribution in [1.82, 2.24) is 0 Å². The number of carbonyl (C=O) groups excluding carboxylic acids is 3. The van der Waals surface area contributed by atoms with E-state index in [2.05, 4.69) is 0 Å². The Balaban J connectivity index is 1.60. The van der Waals surface area contributed by atoms with Gasteiger partial charge in [0, 0.05) is 22.7 Å². The minimum Gasteiger partial charge on any atom is -0.459 e. The number of hydrogen-bond acceptors (Lipinski definition) is 10. The number of carbonyl (C=O) groups is 3. The third-order valence-electron chi connectivity index (χ3n) is 11.3. The van der Waals surface area contributed by atoms with E-state index in [1.807, 2.05) is 0 Å². The highest BCUT2D eigenvalue weighted by Crippen LogP contribution is 2.73. The van der Waals surface area contributed by atoms with Crippen molar-refractivity contribution in [2.75, 3.05) is 6.61 Å². The number of ketones is 1. The van der Waals surface area contributed by atoms with Gasteiger partial charge in [0.2, 0.25) is 6.10 Å². The average Bonchev–Trinajstić information content (AvgIpc) is 3.13. The van der Waals surface area contributed by atoms with Gasteiger partial charge in [0.15, 0.2) is 11.6 Å². The lowest BCUT2D eigenvalue weighted by Gasteiger charge is -2.68. The summed E-state index contributed by atoms with van der Waals surface area (Å²) in [5, 5.41) is 45.9. The molecule has 0 radical (unpaired) electrons. The molecule has 2 aliphatic heterocycles. The van der Waals surface area contributed by atoms with Crippen LogP contribution >= 0.6 is 0 Å². The van der Waals surface area contributed by atoms with E-state index in [1.165, 1.54) is 6.08 Å². The fraction of sp³-hybridized carbons (Fsp3) is 0.828. The Kier molecular flexibility index (Phi) is 6.49. The lowest BCUT2D eigenvalue weighted by molar-refractivity contribution is -0.340. The lowest BCUT2D eigenvalue weighted by atomic mass is 9.38. The second kappa shape index (κ2) is 8.82. The minimum absolute atomic E-state index is 0.111. The molecule has 0 aromatic heterocycles. The summed E-state index contributed by atoms with van der Waals surface area (Å²) in [6, 6.07) is 0. The Morgan fingerprint density at radius 1 is 1.21 bits per heavy atom.